The average molecular weight is 324 g/mol. The Bertz CT molecular complexity index is 848. The number of amides is 1. The minimum atomic E-state index is -0.488. The van der Waals surface area contributed by atoms with E-state index in [4.69, 9.17) is 10.7 Å². The molecule has 0 spiro atoms. The molecule has 0 bridgehead atoms. The molecular weight excluding hydrogens is 308 g/mol. The Morgan fingerprint density at radius 2 is 2.13 bits per heavy atom. The Kier molecular flexibility index (Phi) is 3.23. The van der Waals surface area contributed by atoms with Gasteiger partial charge in [0.2, 0.25) is 0 Å². The van der Waals surface area contributed by atoms with Crippen molar-refractivity contribution >= 4 is 23.4 Å². The predicted octanol–water partition coefficient (Wildman–Crippen LogP) is 1.98. The number of fused-ring (bicyclic) bond motifs is 1. The van der Waals surface area contributed by atoms with Crippen LogP contribution in [0.15, 0.2) is 40.6 Å². The van der Waals surface area contributed by atoms with Crippen molar-refractivity contribution in [1.29, 1.82) is 0 Å². The summed E-state index contributed by atoms with van der Waals surface area (Å²) in [4.78, 5) is 25.4. The second kappa shape index (κ2) is 5.16. The minimum Gasteiger partial charge on any atom is -0.365 e. The Hall–Kier alpha value is -2.21. The number of hydrogen-bond donors (Lipinski definition) is 1. The quantitative estimate of drug-likeness (QED) is 0.689. The highest BCUT2D eigenvalue weighted by atomic mass is 32.2. The number of aliphatic imine (C=N–C) groups is 1. The zero-order valence-electron chi connectivity index (χ0n) is 12.7. The Morgan fingerprint density at radius 3 is 2.83 bits per heavy atom. The molecule has 4 rings (SSSR count). The van der Waals surface area contributed by atoms with Gasteiger partial charge in [-0.05, 0) is 30.2 Å². The van der Waals surface area contributed by atoms with Crippen LogP contribution < -0.4 is 5.73 Å². The molecule has 1 aliphatic heterocycles. The zero-order valence-corrected chi connectivity index (χ0v) is 13.6. The molecule has 2 aromatic rings. The van der Waals surface area contributed by atoms with E-state index in [1.54, 1.807) is 6.20 Å². The third kappa shape index (κ3) is 2.09. The Balaban J connectivity index is 2.01. The van der Waals surface area contributed by atoms with Crippen LogP contribution in [0.5, 0.6) is 0 Å². The van der Waals surface area contributed by atoms with Crippen LogP contribution in [0.1, 0.15) is 33.6 Å². The van der Waals surface area contributed by atoms with E-state index in [1.807, 2.05) is 18.4 Å². The molecule has 0 fully saturated rings. The molecule has 1 aliphatic carbocycles. The molecule has 1 aromatic carbocycles. The van der Waals surface area contributed by atoms with Crippen molar-refractivity contribution < 1.29 is 4.79 Å². The van der Waals surface area contributed by atoms with Crippen molar-refractivity contribution in [3.05, 3.63) is 52.8 Å². The van der Waals surface area contributed by atoms with Gasteiger partial charge in [0.05, 0.1) is 28.9 Å². The molecule has 1 amide bonds. The summed E-state index contributed by atoms with van der Waals surface area (Å²) in [6, 6.07) is 8.34. The van der Waals surface area contributed by atoms with Crippen molar-refractivity contribution in [1.82, 2.24) is 9.97 Å². The summed E-state index contributed by atoms with van der Waals surface area (Å²) < 4.78 is 0. The van der Waals surface area contributed by atoms with Crippen molar-refractivity contribution in [3.63, 3.8) is 0 Å². The summed E-state index contributed by atoms with van der Waals surface area (Å²) in [5, 5.41) is 0.648. The summed E-state index contributed by atoms with van der Waals surface area (Å²) in [6.07, 6.45) is 5.30. The molecular formula is C17H16N4OS. The van der Waals surface area contributed by atoms with E-state index < -0.39 is 11.3 Å². The van der Waals surface area contributed by atoms with Gasteiger partial charge < -0.3 is 5.73 Å². The van der Waals surface area contributed by atoms with Crippen molar-refractivity contribution in [2.24, 2.45) is 10.7 Å². The Morgan fingerprint density at radius 1 is 1.35 bits per heavy atom. The molecule has 1 aromatic heterocycles. The van der Waals surface area contributed by atoms with Gasteiger partial charge in [0.25, 0.3) is 5.91 Å². The lowest BCUT2D eigenvalue weighted by Crippen LogP contribution is -2.35. The van der Waals surface area contributed by atoms with Crippen molar-refractivity contribution in [2.45, 2.75) is 23.4 Å². The highest BCUT2D eigenvalue weighted by Crippen LogP contribution is 2.48. The number of hydrogen-bond acceptors (Lipinski definition) is 5. The topological polar surface area (TPSA) is 81.2 Å². The fourth-order valence-electron chi connectivity index (χ4n) is 3.57. The molecule has 1 unspecified atom stereocenters. The summed E-state index contributed by atoms with van der Waals surface area (Å²) in [5.41, 5.74) is 9.88. The summed E-state index contributed by atoms with van der Waals surface area (Å²) in [7, 11) is 0. The third-order valence-corrected chi connectivity index (χ3v) is 5.24. The van der Waals surface area contributed by atoms with Crippen LogP contribution in [-0.4, -0.2) is 34.4 Å². The van der Waals surface area contributed by atoms with Gasteiger partial charge in [-0.15, -0.1) is 0 Å². The maximum atomic E-state index is 12.0. The second-order valence-corrected chi connectivity index (χ2v) is 6.58. The lowest BCUT2D eigenvalue weighted by Gasteiger charge is -2.28. The van der Waals surface area contributed by atoms with Gasteiger partial charge in [-0.2, -0.15) is 0 Å². The molecule has 0 radical (unpaired) electrons. The highest BCUT2D eigenvalue weighted by molar-refractivity contribution is 7.98. The van der Waals surface area contributed by atoms with Crippen LogP contribution in [-0.2, 0) is 11.8 Å². The van der Waals surface area contributed by atoms with Crippen LogP contribution in [0.3, 0.4) is 0 Å². The van der Waals surface area contributed by atoms with Crippen molar-refractivity contribution in [3.8, 4) is 0 Å². The molecule has 116 valence electrons. The molecule has 2 aliphatic rings. The number of aryl methyl sites for hydroxylation is 1. The Labute approximate surface area is 138 Å². The first-order valence-electron chi connectivity index (χ1n) is 7.50. The molecule has 0 saturated carbocycles. The molecule has 6 heteroatoms. The third-order valence-electron chi connectivity index (χ3n) is 4.67. The lowest BCUT2D eigenvalue weighted by molar-refractivity contribution is 0.0997. The number of rotatable bonds is 4. The summed E-state index contributed by atoms with van der Waals surface area (Å²) in [6.45, 7) is 0.727. The van der Waals surface area contributed by atoms with Crippen LogP contribution in [0.4, 0.5) is 0 Å². The van der Waals surface area contributed by atoms with E-state index in [-0.39, 0.29) is 0 Å². The molecule has 1 atom stereocenters. The van der Waals surface area contributed by atoms with E-state index in [0.29, 0.717) is 16.4 Å². The smallest absolute Gasteiger partial charge is 0.252 e. The van der Waals surface area contributed by atoms with Crippen LogP contribution in [0.2, 0.25) is 0 Å². The first-order valence-corrected chi connectivity index (χ1v) is 8.73. The molecule has 2 N–H and O–H groups in total. The van der Waals surface area contributed by atoms with Crippen LogP contribution >= 0.6 is 11.8 Å². The largest absolute Gasteiger partial charge is 0.365 e. The van der Waals surface area contributed by atoms with Gasteiger partial charge in [-0.3, -0.25) is 9.79 Å². The van der Waals surface area contributed by atoms with E-state index in [9.17, 15) is 4.79 Å². The summed E-state index contributed by atoms with van der Waals surface area (Å²) in [5.74, 6) is -0.488. The number of aromatic nitrogens is 2. The number of primary amides is 1. The number of thioether (sulfide) groups is 1. The monoisotopic (exact) mass is 324 g/mol. The number of carbonyl (C=O) groups is 1. The van der Waals surface area contributed by atoms with Gasteiger partial charge in [0.15, 0.2) is 5.16 Å². The maximum Gasteiger partial charge on any atom is 0.252 e. The average Bonchev–Trinajstić information content (AvgIpc) is 3.36. The van der Waals surface area contributed by atoms with Crippen LogP contribution in [0, 0.1) is 0 Å². The standard InChI is InChI=1S/C17H16N4OS/c1-23-16-20-8-11(15(18)22)14(21-16)17(13-9-19-13)7-6-10-4-2-3-5-12(10)17/h2-5,8H,6-7,9H2,1H3,(H2,18,22). The van der Waals surface area contributed by atoms with E-state index in [0.717, 1.165) is 25.1 Å². The minimum absolute atomic E-state index is 0.397. The number of benzene rings is 1. The van der Waals surface area contributed by atoms with E-state index in [1.165, 1.54) is 22.9 Å². The van der Waals surface area contributed by atoms with E-state index >= 15 is 0 Å². The fourth-order valence-corrected chi connectivity index (χ4v) is 3.91. The van der Waals surface area contributed by atoms with Crippen molar-refractivity contribution in [2.75, 3.05) is 12.8 Å². The number of nitrogens with two attached hydrogens (primary N) is 1. The van der Waals surface area contributed by atoms with Crippen LogP contribution in [0.25, 0.3) is 0 Å². The maximum absolute atomic E-state index is 12.0. The normalized spacial score (nSPS) is 21.7. The van der Waals surface area contributed by atoms with Gasteiger partial charge in [-0.1, -0.05) is 36.0 Å². The van der Waals surface area contributed by atoms with Gasteiger partial charge in [0.1, 0.15) is 0 Å². The molecule has 0 saturated heterocycles. The lowest BCUT2D eigenvalue weighted by atomic mass is 9.74. The molecule has 5 nitrogen and oxygen atoms in total. The predicted molar refractivity (Wildman–Crippen MR) is 90.2 cm³/mol. The highest BCUT2D eigenvalue weighted by Gasteiger charge is 2.50. The second-order valence-electron chi connectivity index (χ2n) is 5.81. The summed E-state index contributed by atoms with van der Waals surface area (Å²) >= 11 is 1.46. The molecule has 23 heavy (non-hydrogen) atoms. The first kappa shape index (κ1) is 14.4. The van der Waals surface area contributed by atoms with Gasteiger partial charge in [0, 0.05) is 6.20 Å². The van der Waals surface area contributed by atoms with E-state index in [2.05, 4.69) is 22.1 Å². The van der Waals surface area contributed by atoms with Gasteiger partial charge >= 0.3 is 0 Å². The fraction of sp³-hybridized carbons (Fsp3) is 0.294. The zero-order chi connectivity index (χ0) is 16.0. The number of carbonyl (C=O) groups excluding carboxylic acids is 1. The van der Waals surface area contributed by atoms with Gasteiger partial charge in [-0.25, -0.2) is 9.97 Å². The first-order chi connectivity index (χ1) is 11.2. The molecule has 2 heterocycles. The number of nitrogens with zero attached hydrogens (tertiary/aromatic N) is 3. The SMILES string of the molecule is CSc1ncc(C(N)=O)c(C2(C3=NC3)CCc3ccccc32)n1.